The third kappa shape index (κ3) is 2.32. The lowest BCUT2D eigenvalue weighted by atomic mass is 9.96. The topological polar surface area (TPSA) is 13.7 Å². The van der Waals surface area contributed by atoms with E-state index in [1.165, 1.54) is 36.3 Å². The Morgan fingerprint density at radius 2 is 2.27 bits per heavy atom. The molecule has 15 heavy (non-hydrogen) atoms. The lowest BCUT2D eigenvalue weighted by Crippen LogP contribution is -3.08. The van der Waals surface area contributed by atoms with Crippen LogP contribution in [0.15, 0.2) is 24.3 Å². The molecule has 0 bridgehead atoms. The molecule has 82 valence electrons. The van der Waals surface area contributed by atoms with Gasteiger partial charge in [-0.3, -0.25) is 0 Å². The molecule has 0 saturated carbocycles. The summed E-state index contributed by atoms with van der Waals surface area (Å²) in [5.41, 5.74) is 1.36. The normalized spacial score (nSPS) is 26.3. The fourth-order valence-corrected chi connectivity index (χ4v) is 2.34. The van der Waals surface area contributed by atoms with Gasteiger partial charge in [0.2, 0.25) is 0 Å². The summed E-state index contributed by atoms with van der Waals surface area (Å²) in [5, 5.41) is 0. The predicted molar refractivity (Wildman–Crippen MR) is 60.8 cm³/mol. The van der Waals surface area contributed by atoms with Crippen LogP contribution in [0.3, 0.4) is 0 Å². The van der Waals surface area contributed by atoms with Crippen molar-refractivity contribution in [1.82, 2.24) is 0 Å². The molecule has 1 fully saturated rings. The molecule has 1 N–H and O–H groups in total. The highest BCUT2D eigenvalue weighted by molar-refractivity contribution is 5.29. The van der Waals surface area contributed by atoms with Crippen molar-refractivity contribution in [2.75, 3.05) is 13.7 Å². The Bertz CT molecular complexity index is 324. The van der Waals surface area contributed by atoms with Gasteiger partial charge in [-0.15, -0.1) is 0 Å². The maximum absolute atomic E-state index is 5.25. The molecule has 1 aliphatic rings. The van der Waals surface area contributed by atoms with E-state index in [9.17, 15) is 0 Å². The second-order valence-electron chi connectivity index (χ2n) is 4.23. The highest BCUT2D eigenvalue weighted by Crippen LogP contribution is 2.22. The molecule has 2 atom stereocenters. The lowest BCUT2D eigenvalue weighted by molar-refractivity contribution is -0.893. The third-order valence-electron chi connectivity index (χ3n) is 3.23. The Balaban J connectivity index is 2.19. The van der Waals surface area contributed by atoms with E-state index in [1.807, 2.05) is 6.07 Å². The van der Waals surface area contributed by atoms with Crippen LogP contribution in [0.2, 0.25) is 0 Å². The Labute approximate surface area is 91.9 Å². The molecule has 2 heteroatoms. The summed E-state index contributed by atoms with van der Waals surface area (Å²) in [6.07, 6.45) is 3.87. The number of hydrogen-bond donors (Lipinski definition) is 1. The predicted octanol–water partition coefficient (Wildman–Crippen LogP) is 1.60. The van der Waals surface area contributed by atoms with E-state index < -0.39 is 0 Å². The molecule has 0 amide bonds. The highest BCUT2D eigenvalue weighted by Gasteiger charge is 2.20. The maximum Gasteiger partial charge on any atom is 0.119 e. The maximum atomic E-state index is 5.25. The van der Waals surface area contributed by atoms with Gasteiger partial charge in [-0.2, -0.15) is 7.05 Å². The van der Waals surface area contributed by atoms with Gasteiger partial charge in [0.15, 0.2) is 0 Å². The van der Waals surface area contributed by atoms with Gasteiger partial charge < -0.3 is 9.64 Å². The molecular formula is C13H19NO. The third-order valence-corrected chi connectivity index (χ3v) is 3.23. The van der Waals surface area contributed by atoms with E-state index in [1.54, 1.807) is 7.11 Å². The molecule has 2 nitrogen and oxygen atoms in total. The Morgan fingerprint density at radius 1 is 1.40 bits per heavy atom. The number of quaternary nitrogens is 1. The van der Waals surface area contributed by atoms with Gasteiger partial charge in [0.05, 0.1) is 19.7 Å². The van der Waals surface area contributed by atoms with Crippen LogP contribution in [0.1, 0.15) is 30.9 Å². The number of piperidine rings is 1. The van der Waals surface area contributed by atoms with Crippen LogP contribution in [0.4, 0.5) is 0 Å². The van der Waals surface area contributed by atoms with Gasteiger partial charge in [-0.25, -0.2) is 0 Å². The van der Waals surface area contributed by atoms with Crippen molar-refractivity contribution in [2.45, 2.75) is 25.3 Å². The zero-order valence-corrected chi connectivity index (χ0v) is 9.33. The minimum atomic E-state index is 0.550. The standard InChI is InChI=1S/C13H19NO/c1-14-9-4-3-8-13(14)11-6-5-7-12(10-11)15-2/h5-7,10,13-14H,1,3-4,8-9H2,2H3. The number of ether oxygens (including phenoxy) is 1. The smallest absolute Gasteiger partial charge is 0.119 e. The largest absolute Gasteiger partial charge is 0.497 e. The first-order valence-corrected chi connectivity index (χ1v) is 5.63. The first kappa shape index (κ1) is 10.5. The van der Waals surface area contributed by atoms with Crippen molar-refractivity contribution in [2.24, 2.45) is 0 Å². The number of hydrogen-bond acceptors (Lipinski definition) is 1. The second kappa shape index (κ2) is 4.67. The van der Waals surface area contributed by atoms with Crippen molar-refractivity contribution >= 4 is 0 Å². The van der Waals surface area contributed by atoms with Gasteiger partial charge in [0.25, 0.3) is 0 Å². The molecule has 1 aromatic rings. The van der Waals surface area contributed by atoms with Gasteiger partial charge in [-0.1, -0.05) is 12.1 Å². The van der Waals surface area contributed by atoms with E-state index in [-0.39, 0.29) is 0 Å². The van der Waals surface area contributed by atoms with Crippen molar-refractivity contribution in [3.63, 3.8) is 0 Å². The quantitative estimate of drug-likeness (QED) is 0.724. The van der Waals surface area contributed by atoms with Crippen LogP contribution >= 0.6 is 0 Å². The van der Waals surface area contributed by atoms with E-state index in [4.69, 9.17) is 4.74 Å². The van der Waals surface area contributed by atoms with E-state index in [0.717, 1.165) is 5.75 Å². The zero-order chi connectivity index (χ0) is 10.7. The molecule has 1 saturated heterocycles. The summed E-state index contributed by atoms with van der Waals surface area (Å²) >= 11 is 0. The monoisotopic (exact) mass is 205 g/mol. The lowest BCUT2D eigenvalue weighted by Gasteiger charge is -2.35. The van der Waals surface area contributed by atoms with Gasteiger partial charge in [-0.05, 0) is 25.0 Å². The molecule has 1 aromatic carbocycles. The zero-order valence-electron chi connectivity index (χ0n) is 9.33. The summed E-state index contributed by atoms with van der Waals surface area (Å²) < 4.78 is 5.25. The average molecular weight is 205 g/mol. The SMILES string of the molecule is [CH2-][NH+]1CCCCC1c1cccc(OC)c1. The van der Waals surface area contributed by atoms with Crippen LogP contribution in [-0.4, -0.2) is 13.7 Å². The number of methoxy groups -OCH3 is 1. The molecular weight excluding hydrogens is 186 g/mol. The van der Waals surface area contributed by atoms with E-state index in [0.29, 0.717) is 6.04 Å². The fourth-order valence-electron chi connectivity index (χ4n) is 2.34. The summed E-state index contributed by atoms with van der Waals surface area (Å²) in [6.45, 7) is 1.18. The van der Waals surface area contributed by atoms with Crippen molar-refractivity contribution in [3.8, 4) is 5.75 Å². The summed E-state index contributed by atoms with van der Waals surface area (Å²) in [4.78, 5) is 1.38. The van der Waals surface area contributed by atoms with Crippen LogP contribution in [0.25, 0.3) is 0 Å². The fraction of sp³-hybridized carbons (Fsp3) is 0.462. The van der Waals surface area contributed by atoms with E-state index in [2.05, 4.69) is 25.2 Å². The van der Waals surface area contributed by atoms with Gasteiger partial charge in [0, 0.05) is 12.0 Å². The van der Waals surface area contributed by atoms with Crippen LogP contribution in [0, 0.1) is 7.05 Å². The van der Waals surface area contributed by atoms with Crippen LogP contribution < -0.4 is 9.64 Å². The molecule has 1 heterocycles. The van der Waals surface area contributed by atoms with Crippen molar-refractivity contribution in [3.05, 3.63) is 36.9 Å². The number of nitrogens with one attached hydrogen (secondary N) is 1. The summed E-state index contributed by atoms with van der Waals surface area (Å²) in [5.74, 6) is 0.950. The van der Waals surface area contributed by atoms with Gasteiger partial charge in [0.1, 0.15) is 5.75 Å². The molecule has 0 aliphatic carbocycles. The number of rotatable bonds is 2. The molecule has 2 rings (SSSR count). The van der Waals surface area contributed by atoms with Gasteiger partial charge >= 0.3 is 0 Å². The molecule has 2 unspecified atom stereocenters. The van der Waals surface area contributed by atoms with Crippen molar-refractivity contribution in [1.29, 1.82) is 0 Å². The molecule has 0 aromatic heterocycles. The molecule has 0 radical (unpaired) electrons. The molecule has 1 aliphatic heterocycles. The minimum Gasteiger partial charge on any atom is -0.497 e. The second-order valence-corrected chi connectivity index (χ2v) is 4.23. The summed E-state index contributed by atoms with van der Waals surface area (Å²) in [6, 6.07) is 8.93. The number of benzene rings is 1. The number of likely N-dealkylation sites (tertiary alicyclic amines) is 1. The van der Waals surface area contributed by atoms with Crippen molar-refractivity contribution < 1.29 is 9.64 Å². The van der Waals surface area contributed by atoms with Crippen LogP contribution in [-0.2, 0) is 0 Å². The average Bonchev–Trinajstić information content (AvgIpc) is 2.30. The Morgan fingerprint density at radius 3 is 3.00 bits per heavy atom. The first-order valence-electron chi connectivity index (χ1n) is 5.63. The highest BCUT2D eigenvalue weighted by atomic mass is 16.5. The molecule has 0 spiro atoms. The summed E-state index contributed by atoms with van der Waals surface area (Å²) in [7, 11) is 5.90. The first-order chi connectivity index (χ1) is 7.31. The Hall–Kier alpha value is -1.02. The van der Waals surface area contributed by atoms with E-state index >= 15 is 0 Å². The van der Waals surface area contributed by atoms with Crippen LogP contribution in [0.5, 0.6) is 5.75 Å². The minimum absolute atomic E-state index is 0.550. The Kier molecular flexibility index (Phi) is 3.27.